The smallest absolute Gasteiger partial charge is 0.238 e. The van der Waals surface area contributed by atoms with Crippen molar-refractivity contribution in [3.63, 3.8) is 0 Å². The van der Waals surface area contributed by atoms with E-state index in [9.17, 15) is 4.79 Å². The number of hydrogen-bond acceptors (Lipinski definition) is 2. The molecule has 0 spiro atoms. The second kappa shape index (κ2) is 5.53. The first kappa shape index (κ1) is 14.1. The number of rotatable bonds is 3. The number of hydrogen-bond donors (Lipinski definition) is 1. The van der Waals surface area contributed by atoms with E-state index in [2.05, 4.69) is 21.2 Å². The molecule has 21 heavy (non-hydrogen) atoms. The monoisotopic (exact) mass is 345 g/mol. The Morgan fingerprint density at radius 1 is 1.10 bits per heavy atom. The number of furan rings is 1. The maximum absolute atomic E-state index is 12.1. The van der Waals surface area contributed by atoms with Crippen LogP contribution < -0.4 is 5.32 Å². The molecule has 1 amide bonds. The minimum absolute atomic E-state index is 0.0304. The number of benzene rings is 2. The quantitative estimate of drug-likeness (QED) is 0.682. The van der Waals surface area contributed by atoms with E-state index < -0.39 is 0 Å². The summed E-state index contributed by atoms with van der Waals surface area (Å²) in [6, 6.07) is 13.6. The molecule has 0 aliphatic rings. The molecule has 1 aromatic heterocycles. The second-order valence-corrected chi connectivity index (χ2v) is 6.43. The predicted molar refractivity (Wildman–Crippen MR) is 89.9 cm³/mol. The van der Waals surface area contributed by atoms with Gasteiger partial charge in [-0.05, 0) is 30.2 Å². The Balaban J connectivity index is 1.97. The van der Waals surface area contributed by atoms with Crippen LogP contribution in [0.3, 0.4) is 0 Å². The molecule has 108 valence electrons. The van der Waals surface area contributed by atoms with Gasteiger partial charge in [-0.25, -0.2) is 0 Å². The third kappa shape index (κ3) is 2.68. The van der Waals surface area contributed by atoms with Crippen molar-refractivity contribution in [1.82, 2.24) is 0 Å². The fourth-order valence-corrected chi connectivity index (χ4v) is 2.43. The summed E-state index contributed by atoms with van der Waals surface area (Å²) in [5.74, 6) is 0.209. The summed E-state index contributed by atoms with van der Waals surface area (Å²) >= 11 is 3.42. The van der Waals surface area contributed by atoms with Crippen molar-refractivity contribution in [3.05, 3.63) is 42.5 Å². The van der Waals surface area contributed by atoms with Gasteiger partial charge in [0.15, 0.2) is 0 Å². The minimum atomic E-state index is -0.200. The first-order valence-corrected chi connectivity index (χ1v) is 7.84. The molecule has 0 radical (unpaired) electrons. The number of alkyl halides is 1. The average Bonchev–Trinajstić information content (AvgIpc) is 2.84. The van der Waals surface area contributed by atoms with Crippen LogP contribution in [-0.4, -0.2) is 10.7 Å². The van der Waals surface area contributed by atoms with E-state index in [1.807, 2.05) is 56.3 Å². The van der Waals surface area contributed by atoms with Gasteiger partial charge in [0.05, 0.1) is 4.83 Å². The van der Waals surface area contributed by atoms with Crippen LogP contribution in [0.1, 0.15) is 13.8 Å². The van der Waals surface area contributed by atoms with Crippen molar-refractivity contribution in [2.45, 2.75) is 18.7 Å². The number of carbonyl (C=O) groups excluding carboxylic acids is 1. The van der Waals surface area contributed by atoms with E-state index in [0.29, 0.717) is 0 Å². The Kier molecular flexibility index (Phi) is 3.72. The molecule has 4 heteroatoms. The first-order valence-electron chi connectivity index (χ1n) is 6.92. The third-order valence-electron chi connectivity index (χ3n) is 3.48. The molecular formula is C17H16BrNO2. The van der Waals surface area contributed by atoms with Crippen LogP contribution >= 0.6 is 15.9 Å². The SMILES string of the molecule is CC(C)C(Br)C(=O)Nc1ccc2oc3ccccc3c2c1. The highest BCUT2D eigenvalue weighted by atomic mass is 79.9. The molecule has 0 bridgehead atoms. The minimum Gasteiger partial charge on any atom is -0.456 e. The van der Waals surface area contributed by atoms with E-state index in [0.717, 1.165) is 27.6 Å². The number of fused-ring (bicyclic) bond motifs is 3. The Morgan fingerprint density at radius 2 is 1.81 bits per heavy atom. The van der Waals surface area contributed by atoms with E-state index in [-0.39, 0.29) is 16.7 Å². The van der Waals surface area contributed by atoms with Gasteiger partial charge >= 0.3 is 0 Å². The van der Waals surface area contributed by atoms with Crippen LogP contribution in [0.4, 0.5) is 5.69 Å². The predicted octanol–water partition coefficient (Wildman–Crippen LogP) is 4.94. The average molecular weight is 346 g/mol. The van der Waals surface area contributed by atoms with Crippen molar-refractivity contribution in [3.8, 4) is 0 Å². The zero-order valence-corrected chi connectivity index (χ0v) is 13.5. The lowest BCUT2D eigenvalue weighted by Gasteiger charge is -2.13. The molecule has 1 unspecified atom stereocenters. The van der Waals surface area contributed by atoms with Crippen LogP contribution in [0.15, 0.2) is 46.9 Å². The maximum Gasteiger partial charge on any atom is 0.238 e. The molecule has 0 aliphatic heterocycles. The summed E-state index contributed by atoms with van der Waals surface area (Å²) in [6.07, 6.45) is 0. The van der Waals surface area contributed by atoms with E-state index >= 15 is 0 Å². The van der Waals surface area contributed by atoms with Gasteiger partial charge in [-0.15, -0.1) is 0 Å². The Morgan fingerprint density at radius 3 is 2.57 bits per heavy atom. The van der Waals surface area contributed by atoms with Crippen molar-refractivity contribution >= 4 is 49.5 Å². The number of anilines is 1. The van der Waals surface area contributed by atoms with E-state index in [1.54, 1.807) is 0 Å². The summed E-state index contributed by atoms with van der Waals surface area (Å²) in [4.78, 5) is 11.9. The van der Waals surface area contributed by atoms with Crippen molar-refractivity contribution in [2.75, 3.05) is 5.32 Å². The first-order chi connectivity index (χ1) is 10.1. The molecule has 1 N–H and O–H groups in total. The van der Waals surface area contributed by atoms with E-state index in [1.165, 1.54) is 0 Å². The maximum atomic E-state index is 12.1. The van der Waals surface area contributed by atoms with Crippen molar-refractivity contribution < 1.29 is 9.21 Å². The van der Waals surface area contributed by atoms with Crippen LogP contribution in [-0.2, 0) is 4.79 Å². The van der Waals surface area contributed by atoms with Crippen molar-refractivity contribution in [2.24, 2.45) is 5.92 Å². The van der Waals surface area contributed by atoms with E-state index in [4.69, 9.17) is 4.42 Å². The number of halogens is 1. The molecule has 1 heterocycles. The van der Waals surface area contributed by atoms with Crippen LogP contribution in [0.25, 0.3) is 21.9 Å². The van der Waals surface area contributed by atoms with Crippen LogP contribution in [0.5, 0.6) is 0 Å². The van der Waals surface area contributed by atoms with Gasteiger partial charge in [0.2, 0.25) is 5.91 Å². The highest BCUT2D eigenvalue weighted by Crippen LogP contribution is 2.30. The number of carbonyl (C=O) groups is 1. The Labute approximate surface area is 131 Å². The highest BCUT2D eigenvalue weighted by Gasteiger charge is 2.18. The van der Waals surface area contributed by atoms with Crippen LogP contribution in [0, 0.1) is 5.92 Å². The number of para-hydroxylation sites is 1. The molecule has 3 nitrogen and oxygen atoms in total. The Hall–Kier alpha value is -1.81. The molecule has 0 saturated carbocycles. The van der Waals surface area contributed by atoms with Gasteiger partial charge in [-0.1, -0.05) is 48.0 Å². The standard InChI is InChI=1S/C17H16BrNO2/c1-10(2)16(18)17(20)19-11-7-8-15-13(9-11)12-5-3-4-6-14(12)21-15/h3-10,16H,1-2H3,(H,19,20). The summed E-state index contributed by atoms with van der Waals surface area (Å²) in [7, 11) is 0. The second-order valence-electron chi connectivity index (χ2n) is 5.44. The van der Waals surface area contributed by atoms with Gasteiger partial charge in [0.25, 0.3) is 0 Å². The summed E-state index contributed by atoms with van der Waals surface area (Å²) < 4.78 is 5.78. The number of nitrogens with one attached hydrogen (secondary N) is 1. The highest BCUT2D eigenvalue weighted by molar-refractivity contribution is 9.10. The summed E-state index contributed by atoms with van der Waals surface area (Å²) in [5.41, 5.74) is 2.47. The van der Waals surface area contributed by atoms with Crippen LogP contribution in [0.2, 0.25) is 0 Å². The third-order valence-corrected chi connectivity index (χ3v) is 4.95. The molecule has 3 rings (SSSR count). The molecule has 2 aromatic carbocycles. The van der Waals surface area contributed by atoms with Gasteiger partial charge in [0, 0.05) is 16.5 Å². The van der Waals surface area contributed by atoms with Gasteiger partial charge in [-0.2, -0.15) is 0 Å². The Bertz CT molecular complexity index is 807. The fraction of sp³-hybridized carbons (Fsp3) is 0.235. The lowest BCUT2D eigenvalue weighted by Crippen LogP contribution is -2.26. The lowest BCUT2D eigenvalue weighted by atomic mass is 10.1. The van der Waals surface area contributed by atoms with Gasteiger partial charge in [-0.3, -0.25) is 4.79 Å². The van der Waals surface area contributed by atoms with Gasteiger partial charge < -0.3 is 9.73 Å². The zero-order chi connectivity index (χ0) is 15.0. The largest absolute Gasteiger partial charge is 0.456 e. The lowest BCUT2D eigenvalue weighted by molar-refractivity contribution is -0.116. The number of amides is 1. The molecule has 0 fully saturated rings. The molecule has 0 aliphatic carbocycles. The molecule has 3 aromatic rings. The topological polar surface area (TPSA) is 42.2 Å². The summed E-state index contributed by atoms with van der Waals surface area (Å²) in [6.45, 7) is 4.01. The van der Waals surface area contributed by atoms with Crippen molar-refractivity contribution in [1.29, 1.82) is 0 Å². The molecular weight excluding hydrogens is 330 g/mol. The van der Waals surface area contributed by atoms with Gasteiger partial charge in [0.1, 0.15) is 11.2 Å². The normalized spacial score (nSPS) is 13.0. The summed E-state index contributed by atoms with van der Waals surface area (Å²) in [5, 5.41) is 5.01. The zero-order valence-electron chi connectivity index (χ0n) is 11.9. The molecule has 0 saturated heterocycles. The fourth-order valence-electron chi connectivity index (χ4n) is 2.32. The molecule has 1 atom stereocenters.